The molecule has 0 N–H and O–H groups in total. The molecule has 1 saturated heterocycles. The lowest BCUT2D eigenvalue weighted by Gasteiger charge is -2.35. The van der Waals surface area contributed by atoms with Gasteiger partial charge in [-0.1, -0.05) is 24.3 Å². The number of fused-ring (bicyclic) bond motifs is 1. The summed E-state index contributed by atoms with van der Waals surface area (Å²) in [6, 6.07) is 17.6. The Bertz CT molecular complexity index is 1130. The number of rotatable bonds is 3. The summed E-state index contributed by atoms with van der Waals surface area (Å²) in [6.45, 7) is 2.69. The van der Waals surface area contributed by atoms with Crippen LogP contribution in [0.15, 0.2) is 73.2 Å². The molecule has 0 saturated carbocycles. The van der Waals surface area contributed by atoms with E-state index in [2.05, 4.69) is 20.1 Å². The van der Waals surface area contributed by atoms with Gasteiger partial charge in [0.2, 0.25) is 0 Å². The summed E-state index contributed by atoms with van der Waals surface area (Å²) in [5.74, 6) is 1.60. The van der Waals surface area contributed by atoms with Gasteiger partial charge in [-0.2, -0.15) is 0 Å². The first kappa shape index (κ1) is 17.4. The zero-order valence-electron chi connectivity index (χ0n) is 15.8. The number of carbonyl (C=O) groups excluding carboxylic acids is 1. The second kappa shape index (κ2) is 7.35. The molecule has 0 radical (unpaired) electrons. The highest BCUT2D eigenvalue weighted by molar-refractivity contribution is 6.05. The Hall–Kier alpha value is -3.74. The van der Waals surface area contributed by atoms with Gasteiger partial charge < -0.3 is 14.4 Å². The van der Waals surface area contributed by atoms with Crippen LogP contribution in [0, 0.1) is 0 Å². The third-order valence-corrected chi connectivity index (χ3v) is 5.27. The number of amides is 1. The van der Waals surface area contributed by atoms with Gasteiger partial charge in [0.1, 0.15) is 5.69 Å². The molecule has 144 valence electrons. The van der Waals surface area contributed by atoms with Gasteiger partial charge in [-0.3, -0.25) is 9.78 Å². The van der Waals surface area contributed by atoms with E-state index in [1.165, 1.54) is 0 Å². The number of aromatic nitrogens is 4. The summed E-state index contributed by atoms with van der Waals surface area (Å²) < 4.78 is 1.92. The Morgan fingerprint density at radius 3 is 2.28 bits per heavy atom. The number of anilines is 1. The fraction of sp³-hybridized carbons (Fsp3) is 0.182. The number of hydrogen-bond donors (Lipinski definition) is 0. The number of piperazine rings is 1. The monoisotopic (exact) mass is 384 g/mol. The van der Waals surface area contributed by atoms with Crippen molar-refractivity contribution in [2.24, 2.45) is 0 Å². The Balaban J connectivity index is 1.28. The van der Waals surface area contributed by atoms with Crippen LogP contribution in [-0.2, 0) is 0 Å². The van der Waals surface area contributed by atoms with E-state index in [4.69, 9.17) is 0 Å². The minimum Gasteiger partial charge on any atom is -0.352 e. The molecule has 1 aliphatic rings. The van der Waals surface area contributed by atoms with Crippen LogP contribution in [0.1, 0.15) is 10.5 Å². The molecule has 1 aliphatic heterocycles. The number of benzene rings is 1. The van der Waals surface area contributed by atoms with Gasteiger partial charge in [0, 0.05) is 50.2 Å². The van der Waals surface area contributed by atoms with Crippen molar-refractivity contribution in [2.75, 3.05) is 31.1 Å². The van der Waals surface area contributed by atoms with Crippen molar-refractivity contribution in [1.29, 1.82) is 0 Å². The molecule has 1 amide bonds. The smallest absolute Gasteiger partial charge is 0.273 e. The maximum absolute atomic E-state index is 13.0. The molecular weight excluding hydrogens is 364 g/mol. The van der Waals surface area contributed by atoms with Gasteiger partial charge in [0.15, 0.2) is 11.6 Å². The van der Waals surface area contributed by atoms with E-state index in [0.29, 0.717) is 31.9 Å². The van der Waals surface area contributed by atoms with E-state index in [1.54, 1.807) is 6.20 Å². The molecule has 1 aromatic carbocycles. The third kappa shape index (κ3) is 3.31. The molecule has 4 heterocycles. The number of carbonyl (C=O) groups is 1. The van der Waals surface area contributed by atoms with E-state index in [0.717, 1.165) is 22.4 Å². The van der Waals surface area contributed by atoms with Crippen LogP contribution < -0.4 is 4.90 Å². The Morgan fingerprint density at radius 1 is 0.793 bits per heavy atom. The summed E-state index contributed by atoms with van der Waals surface area (Å²) in [5.41, 5.74) is 0.521. The summed E-state index contributed by atoms with van der Waals surface area (Å²) in [6.07, 6.45) is 5.58. The summed E-state index contributed by atoms with van der Waals surface area (Å²) in [5, 5.41) is 10.6. The lowest BCUT2D eigenvalue weighted by atomic mass is 10.1. The molecule has 0 unspecified atom stereocenters. The van der Waals surface area contributed by atoms with Gasteiger partial charge >= 0.3 is 0 Å². The molecule has 7 heteroatoms. The fourth-order valence-corrected chi connectivity index (χ4v) is 3.69. The molecule has 7 nitrogen and oxygen atoms in total. The first-order valence-electron chi connectivity index (χ1n) is 9.65. The molecular formula is C22H20N6O. The van der Waals surface area contributed by atoms with Gasteiger partial charge in [0.25, 0.3) is 5.91 Å². The van der Waals surface area contributed by atoms with Crippen molar-refractivity contribution < 1.29 is 4.79 Å². The third-order valence-electron chi connectivity index (χ3n) is 5.27. The van der Waals surface area contributed by atoms with Crippen molar-refractivity contribution in [3.05, 3.63) is 78.9 Å². The number of hydrogen-bond acceptors (Lipinski definition) is 5. The predicted molar refractivity (Wildman–Crippen MR) is 111 cm³/mol. The SMILES string of the molecule is O=C(c1nccc2ccccc12)N1CCN(c2ccc(-n3cccc3)nn2)CC1. The van der Waals surface area contributed by atoms with Crippen LogP contribution >= 0.6 is 0 Å². The van der Waals surface area contributed by atoms with Crippen molar-refractivity contribution >= 4 is 22.5 Å². The number of pyridine rings is 1. The van der Waals surface area contributed by atoms with Crippen LogP contribution in [0.25, 0.3) is 16.6 Å². The van der Waals surface area contributed by atoms with E-state index in [1.807, 2.05) is 76.5 Å². The van der Waals surface area contributed by atoms with E-state index >= 15 is 0 Å². The summed E-state index contributed by atoms with van der Waals surface area (Å²) in [4.78, 5) is 21.4. The lowest BCUT2D eigenvalue weighted by molar-refractivity contribution is 0.0743. The summed E-state index contributed by atoms with van der Waals surface area (Å²) >= 11 is 0. The highest BCUT2D eigenvalue weighted by atomic mass is 16.2. The molecule has 0 aliphatic carbocycles. The van der Waals surface area contributed by atoms with E-state index in [-0.39, 0.29) is 5.91 Å². The quantitative estimate of drug-likeness (QED) is 0.543. The molecule has 0 spiro atoms. The van der Waals surface area contributed by atoms with Crippen molar-refractivity contribution in [3.63, 3.8) is 0 Å². The van der Waals surface area contributed by atoms with Crippen molar-refractivity contribution in [1.82, 2.24) is 24.6 Å². The molecule has 3 aromatic heterocycles. The highest BCUT2D eigenvalue weighted by Gasteiger charge is 2.25. The molecule has 0 bridgehead atoms. The van der Waals surface area contributed by atoms with E-state index in [9.17, 15) is 4.79 Å². The minimum absolute atomic E-state index is 0.0181. The van der Waals surface area contributed by atoms with Gasteiger partial charge in [-0.25, -0.2) is 0 Å². The first-order chi connectivity index (χ1) is 14.3. The van der Waals surface area contributed by atoms with Crippen molar-refractivity contribution in [2.45, 2.75) is 0 Å². The van der Waals surface area contributed by atoms with Gasteiger partial charge in [-0.15, -0.1) is 10.2 Å². The molecule has 29 heavy (non-hydrogen) atoms. The van der Waals surface area contributed by atoms with Gasteiger partial charge in [0.05, 0.1) is 0 Å². The predicted octanol–water partition coefficient (Wildman–Crippen LogP) is 2.78. The second-order valence-corrected chi connectivity index (χ2v) is 7.00. The Morgan fingerprint density at radius 2 is 1.52 bits per heavy atom. The Kier molecular flexibility index (Phi) is 4.40. The molecule has 4 aromatic rings. The zero-order chi connectivity index (χ0) is 19.6. The van der Waals surface area contributed by atoms with E-state index < -0.39 is 0 Å². The van der Waals surface area contributed by atoms with Crippen LogP contribution in [0.5, 0.6) is 0 Å². The second-order valence-electron chi connectivity index (χ2n) is 7.00. The normalized spacial score (nSPS) is 14.3. The van der Waals surface area contributed by atoms with Crippen molar-refractivity contribution in [3.8, 4) is 5.82 Å². The molecule has 1 fully saturated rings. The topological polar surface area (TPSA) is 67.2 Å². The average molecular weight is 384 g/mol. The van der Waals surface area contributed by atoms with Gasteiger partial charge in [-0.05, 0) is 35.7 Å². The standard InChI is InChI=1S/C22H20N6O/c29-22(21-18-6-2-1-5-17(18)9-10-23-21)28-15-13-27(14-16-28)20-8-7-19(24-25-20)26-11-3-4-12-26/h1-12H,13-16H2. The zero-order valence-corrected chi connectivity index (χ0v) is 15.8. The largest absolute Gasteiger partial charge is 0.352 e. The van der Waals surface area contributed by atoms with Crippen LogP contribution in [-0.4, -0.2) is 56.7 Å². The van der Waals surface area contributed by atoms with Crippen LogP contribution in [0.4, 0.5) is 5.82 Å². The summed E-state index contributed by atoms with van der Waals surface area (Å²) in [7, 11) is 0. The Labute approximate surface area is 168 Å². The van der Waals surface area contributed by atoms with Crippen LogP contribution in [0.2, 0.25) is 0 Å². The molecule has 5 rings (SSSR count). The number of nitrogens with zero attached hydrogens (tertiary/aromatic N) is 6. The molecule has 0 atom stereocenters. The maximum Gasteiger partial charge on any atom is 0.273 e. The first-order valence-corrected chi connectivity index (χ1v) is 9.65. The maximum atomic E-state index is 13.0. The minimum atomic E-state index is -0.0181. The lowest BCUT2D eigenvalue weighted by Crippen LogP contribution is -2.49. The highest BCUT2D eigenvalue weighted by Crippen LogP contribution is 2.20. The van der Waals surface area contributed by atoms with Crippen LogP contribution in [0.3, 0.4) is 0 Å². The fourth-order valence-electron chi connectivity index (χ4n) is 3.69. The average Bonchev–Trinajstić information content (AvgIpc) is 3.33.